The Hall–Kier alpha value is -5.14. The lowest BCUT2D eigenvalue weighted by Crippen LogP contribution is -2.35. The van der Waals surface area contributed by atoms with Crippen molar-refractivity contribution in [3.05, 3.63) is 120 Å². The lowest BCUT2D eigenvalue weighted by Gasteiger charge is -2.31. The number of hydrogen-bond acceptors (Lipinski definition) is 4. The molecular formula is C37H34N4O3. The van der Waals surface area contributed by atoms with Gasteiger partial charge in [0.15, 0.2) is 5.78 Å². The number of H-pyrrole nitrogens is 1. The van der Waals surface area contributed by atoms with E-state index < -0.39 is 0 Å². The molecule has 2 aromatic heterocycles. The summed E-state index contributed by atoms with van der Waals surface area (Å²) < 4.78 is 2.07. The zero-order valence-electron chi connectivity index (χ0n) is 24.6. The number of carbonyl (C=O) groups excluding carboxylic acids is 2. The van der Waals surface area contributed by atoms with Gasteiger partial charge in [0.1, 0.15) is 0 Å². The van der Waals surface area contributed by atoms with Crippen molar-refractivity contribution in [3.63, 3.8) is 0 Å². The summed E-state index contributed by atoms with van der Waals surface area (Å²) in [4.78, 5) is 31.6. The number of hydrogen-bond donors (Lipinski definition) is 3. The normalized spacial score (nSPS) is 13.9. The van der Waals surface area contributed by atoms with Crippen molar-refractivity contribution in [2.24, 2.45) is 7.05 Å². The number of rotatable bonds is 7. The minimum absolute atomic E-state index is 0.0899. The SMILES string of the molecule is Cn1ccc2cc(CC(=O)c3ccc(-c4c[nH]c5cc(NC(=O)c6ccc(N7CCC(O)CC7)cc6)ccc45)cc3)ccc21. The number of ketones is 1. The fraction of sp³-hybridized carbons (Fsp3) is 0.189. The first-order valence-electron chi connectivity index (χ1n) is 15.0. The van der Waals surface area contributed by atoms with Crippen LogP contribution in [-0.2, 0) is 13.5 Å². The van der Waals surface area contributed by atoms with Crippen LogP contribution in [0.2, 0.25) is 0 Å². The number of benzene rings is 4. The van der Waals surface area contributed by atoms with Gasteiger partial charge in [0.25, 0.3) is 5.91 Å². The molecule has 1 aliphatic heterocycles. The van der Waals surface area contributed by atoms with Gasteiger partial charge in [0, 0.05) is 83.4 Å². The summed E-state index contributed by atoms with van der Waals surface area (Å²) in [5, 5.41) is 14.9. The van der Waals surface area contributed by atoms with Gasteiger partial charge < -0.3 is 24.9 Å². The molecule has 0 unspecified atom stereocenters. The van der Waals surface area contributed by atoms with Crippen molar-refractivity contribution in [2.45, 2.75) is 25.4 Å². The van der Waals surface area contributed by atoms with Crippen LogP contribution in [0.25, 0.3) is 32.9 Å². The quantitative estimate of drug-likeness (QED) is 0.178. The molecule has 7 rings (SSSR count). The minimum atomic E-state index is -0.215. The van der Waals surface area contributed by atoms with E-state index in [-0.39, 0.29) is 17.8 Å². The van der Waals surface area contributed by atoms with Gasteiger partial charge in [-0.15, -0.1) is 0 Å². The lowest BCUT2D eigenvalue weighted by atomic mass is 9.98. The van der Waals surface area contributed by atoms with Crippen LogP contribution in [0.3, 0.4) is 0 Å². The first-order chi connectivity index (χ1) is 21.4. The number of aryl methyl sites for hydroxylation is 1. The Kier molecular flexibility index (Phi) is 7.24. The van der Waals surface area contributed by atoms with Crippen LogP contribution in [0.1, 0.15) is 39.1 Å². The fourth-order valence-electron chi connectivity index (χ4n) is 6.16. The van der Waals surface area contributed by atoms with Crippen LogP contribution >= 0.6 is 0 Å². The zero-order valence-corrected chi connectivity index (χ0v) is 24.6. The molecule has 0 radical (unpaired) electrons. The van der Waals surface area contributed by atoms with E-state index in [2.05, 4.69) is 38.0 Å². The van der Waals surface area contributed by atoms with Gasteiger partial charge in [-0.2, -0.15) is 0 Å². The predicted octanol–water partition coefficient (Wildman–Crippen LogP) is 6.97. The molecule has 6 aromatic rings. The standard InChI is InChI=1S/C37H34N4O3/c1-40-17-14-28-20-24(2-13-35(28)40)21-36(43)26-5-3-25(4-6-26)33-23-38-34-22-29(9-12-32(33)34)39-37(44)27-7-10-30(11-8-27)41-18-15-31(42)16-19-41/h2-14,17,20,22-23,31,38,42H,15-16,18-19,21H2,1H3,(H,39,44). The second-order valence-corrected chi connectivity index (χ2v) is 11.7. The molecule has 220 valence electrons. The van der Waals surface area contributed by atoms with Crippen molar-refractivity contribution < 1.29 is 14.7 Å². The average Bonchev–Trinajstić information content (AvgIpc) is 3.64. The number of piperidine rings is 1. The number of amides is 1. The first-order valence-corrected chi connectivity index (χ1v) is 15.0. The zero-order chi connectivity index (χ0) is 30.2. The van der Waals surface area contributed by atoms with E-state index in [1.807, 2.05) is 92.2 Å². The smallest absolute Gasteiger partial charge is 0.255 e. The van der Waals surface area contributed by atoms with E-state index in [0.717, 1.165) is 70.1 Å². The molecular weight excluding hydrogens is 548 g/mol. The van der Waals surface area contributed by atoms with E-state index in [1.54, 1.807) is 0 Å². The molecule has 44 heavy (non-hydrogen) atoms. The van der Waals surface area contributed by atoms with Crippen LogP contribution in [0.5, 0.6) is 0 Å². The maximum Gasteiger partial charge on any atom is 0.255 e. The summed E-state index contributed by atoms with van der Waals surface area (Å²) in [6.07, 6.45) is 5.67. The van der Waals surface area contributed by atoms with Gasteiger partial charge in [0.2, 0.25) is 0 Å². The first kappa shape index (κ1) is 27.7. The number of aromatic nitrogens is 2. The molecule has 0 aliphatic carbocycles. The van der Waals surface area contributed by atoms with E-state index in [4.69, 9.17) is 0 Å². The highest BCUT2D eigenvalue weighted by Crippen LogP contribution is 2.31. The molecule has 1 amide bonds. The summed E-state index contributed by atoms with van der Waals surface area (Å²) >= 11 is 0. The minimum Gasteiger partial charge on any atom is -0.393 e. The van der Waals surface area contributed by atoms with Gasteiger partial charge in [-0.1, -0.05) is 36.4 Å². The number of Topliss-reactive ketones (excluding diaryl/α,β-unsaturated/α-hetero) is 1. The molecule has 0 bridgehead atoms. The van der Waals surface area contributed by atoms with Gasteiger partial charge in [-0.3, -0.25) is 9.59 Å². The van der Waals surface area contributed by atoms with Gasteiger partial charge in [-0.05, 0) is 84.0 Å². The molecule has 0 spiro atoms. The largest absolute Gasteiger partial charge is 0.393 e. The van der Waals surface area contributed by atoms with Gasteiger partial charge >= 0.3 is 0 Å². The average molecular weight is 583 g/mol. The van der Waals surface area contributed by atoms with E-state index in [1.165, 1.54) is 0 Å². The highest BCUT2D eigenvalue weighted by atomic mass is 16.3. The van der Waals surface area contributed by atoms with E-state index in [9.17, 15) is 14.7 Å². The third-order valence-corrected chi connectivity index (χ3v) is 8.73. The van der Waals surface area contributed by atoms with Crippen LogP contribution in [0.4, 0.5) is 11.4 Å². The molecule has 7 nitrogen and oxygen atoms in total. The van der Waals surface area contributed by atoms with E-state index >= 15 is 0 Å². The molecule has 1 fully saturated rings. The monoisotopic (exact) mass is 582 g/mol. The highest BCUT2D eigenvalue weighted by Gasteiger charge is 2.18. The Bertz CT molecular complexity index is 1980. The predicted molar refractivity (Wildman–Crippen MR) is 177 cm³/mol. The maximum absolute atomic E-state index is 13.0. The fourth-order valence-corrected chi connectivity index (χ4v) is 6.16. The Morgan fingerprint density at radius 2 is 1.64 bits per heavy atom. The molecule has 3 N–H and O–H groups in total. The van der Waals surface area contributed by atoms with Crippen LogP contribution in [0, 0.1) is 0 Å². The number of anilines is 2. The second kappa shape index (κ2) is 11.5. The summed E-state index contributed by atoms with van der Waals surface area (Å²) in [6, 6.07) is 29.5. The van der Waals surface area contributed by atoms with Gasteiger partial charge in [-0.25, -0.2) is 0 Å². The summed E-state index contributed by atoms with van der Waals surface area (Å²) in [7, 11) is 2.02. The van der Waals surface area contributed by atoms with Crippen LogP contribution in [0.15, 0.2) is 103 Å². The molecule has 0 atom stereocenters. The topological polar surface area (TPSA) is 90.4 Å². The van der Waals surface area contributed by atoms with Crippen LogP contribution < -0.4 is 10.2 Å². The molecule has 3 heterocycles. The third kappa shape index (κ3) is 5.50. The number of aromatic amines is 1. The third-order valence-electron chi connectivity index (χ3n) is 8.73. The number of carbonyl (C=O) groups is 2. The molecule has 7 heteroatoms. The summed E-state index contributed by atoms with van der Waals surface area (Å²) in [5.74, 6) is -0.0761. The van der Waals surface area contributed by atoms with Crippen molar-refractivity contribution in [3.8, 4) is 11.1 Å². The summed E-state index contributed by atoms with van der Waals surface area (Å²) in [6.45, 7) is 1.64. The van der Waals surface area contributed by atoms with Crippen molar-refractivity contribution in [1.29, 1.82) is 0 Å². The number of aliphatic hydroxyl groups excluding tert-OH is 1. The van der Waals surface area contributed by atoms with Crippen molar-refractivity contribution in [2.75, 3.05) is 23.3 Å². The van der Waals surface area contributed by atoms with Gasteiger partial charge in [0.05, 0.1) is 6.10 Å². The Balaban J connectivity index is 1.01. The molecule has 1 aliphatic rings. The number of aliphatic hydroxyl groups is 1. The molecule has 4 aromatic carbocycles. The number of nitrogens with zero attached hydrogens (tertiary/aromatic N) is 2. The maximum atomic E-state index is 13.0. The number of fused-ring (bicyclic) bond motifs is 2. The van der Waals surface area contributed by atoms with Crippen molar-refractivity contribution in [1.82, 2.24) is 9.55 Å². The second-order valence-electron chi connectivity index (χ2n) is 11.7. The Morgan fingerprint density at radius 1 is 0.886 bits per heavy atom. The molecule has 0 saturated carbocycles. The Morgan fingerprint density at radius 3 is 2.41 bits per heavy atom. The van der Waals surface area contributed by atoms with E-state index in [0.29, 0.717) is 23.2 Å². The van der Waals surface area contributed by atoms with Crippen molar-refractivity contribution >= 4 is 44.9 Å². The Labute approximate surface area is 255 Å². The number of nitrogens with one attached hydrogen (secondary N) is 2. The highest BCUT2D eigenvalue weighted by molar-refractivity contribution is 6.06. The van der Waals surface area contributed by atoms with Crippen LogP contribution in [-0.4, -0.2) is 45.5 Å². The summed E-state index contributed by atoms with van der Waals surface area (Å²) in [5.41, 5.74) is 8.18. The molecule has 1 saturated heterocycles. The lowest BCUT2D eigenvalue weighted by molar-refractivity contribution is 0.0991.